The third-order valence-corrected chi connectivity index (χ3v) is 5.40. The van der Waals surface area contributed by atoms with Crippen LogP contribution in [0.1, 0.15) is 46.5 Å². The van der Waals surface area contributed by atoms with E-state index in [9.17, 15) is 4.79 Å². The van der Waals surface area contributed by atoms with Gasteiger partial charge in [-0.05, 0) is 52.7 Å². The highest BCUT2D eigenvalue weighted by Crippen LogP contribution is 2.25. The topological polar surface area (TPSA) is 62.7 Å². The smallest absolute Gasteiger partial charge is 0.308 e. The Morgan fingerprint density at radius 2 is 1.91 bits per heavy atom. The second-order valence-electron chi connectivity index (χ2n) is 6.33. The Labute approximate surface area is 162 Å². The molecule has 0 saturated heterocycles. The average molecular weight is 457 g/mol. The Hall–Kier alpha value is -0.180. The lowest BCUT2D eigenvalue weighted by Crippen LogP contribution is -2.48. The van der Waals surface area contributed by atoms with Crippen LogP contribution in [0.3, 0.4) is 0 Å². The van der Waals surface area contributed by atoms with E-state index in [4.69, 9.17) is 4.74 Å². The molecule has 2 N–H and O–H groups in total. The normalized spacial score (nSPS) is 22.0. The van der Waals surface area contributed by atoms with E-state index in [1.807, 2.05) is 18.7 Å². The molecule has 23 heavy (non-hydrogen) atoms. The van der Waals surface area contributed by atoms with Crippen LogP contribution in [0.15, 0.2) is 4.99 Å². The number of aliphatic imine (C=N–C) groups is 1. The number of esters is 1. The molecule has 5 nitrogen and oxygen atoms in total. The predicted octanol–water partition coefficient (Wildman–Crippen LogP) is 3.03. The minimum absolute atomic E-state index is 0. The van der Waals surface area contributed by atoms with Crippen molar-refractivity contribution < 1.29 is 9.53 Å². The number of nitrogens with zero attached hydrogens (tertiary/aromatic N) is 1. The van der Waals surface area contributed by atoms with E-state index < -0.39 is 0 Å². The summed E-state index contributed by atoms with van der Waals surface area (Å²) in [5.74, 6) is 0.885. The van der Waals surface area contributed by atoms with Gasteiger partial charge in [-0.2, -0.15) is 11.8 Å². The number of hydrogen-bond donors (Lipinski definition) is 2. The molecular weight excluding hydrogens is 425 g/mol. The molecule has 136 valence electrons. The number of nitrogens with one attached hydrogen (secondary N) is 2. The molecule has 1 saturated carbocycles. The van der Waals surface area contributed by atoms with E-state index in [0.717, 1.165) is 38.2 Å². The fourth-order valence-electron chi connectivity index (χ4n) is 2.49. The third kappa shape index (κ3) is 8.47. The van der Waals surface area contributed by atoms with Crippen molar-refractivity contribution in [1.29, 1.82) is 0 Å². The summed E-state index contributed by atoms with van der Waals surface area (Å²) in [6, 6.07) is 0.384. The van der Waals surface area contributed by atoms with Gasteiger partial charge in [-0.25, -0.2) is 0 Å². The van der Waals surface area contributed by atoms with Gasteiger partial charge < -0.3 is 15.4 Å². The first kappa shape index (κ1) is 22.8. The van der Waals surface area contributed by atoms with Gasteiger partial charge >= 0.3 is 5.97 Å². The van der Waals surface area contributed by atoms with E-state index in [1.165, 1.54) is 0 Å². The highest BCUT2D eigenvalue weighted by atomic mass is 127. The van der Waals surface area contributed by atoms with Crippen molar-refractivity contribution in [3.8, 4) is 0 Å². The van der Waals surface area contributed by atoms with Gasteiger partial charge in [0.25, 0.3) is 0 Å². The molecule has 0 radical (unpaired) electrons. The molecule has 0 unspecified atom stereocenters. The van der Waals surface area contributed by atoms with Crippen LogP contribution >= 0.6 is 35.7 Å². The minimum Gasteiger partial charge on any atom is -0.466 e. The van der Waals surface area contributed by atoms with E-state index in [2.05, 4.69) is 35.7 Å². The highest BCUT2D eigenvalue weighted by molar-refractivity contribution is 14.0. The summed E-state index contributed by atoms with van der Waals surface area (Å²) in [6.07, 6.45) is 5.87. The molecule has 0 bridgehead atoms. The maximum atomic E-state index is 11.7. The largest absolute Gasteiger partial charge is 0.466 e. The zero-order valence-electron chi connectivity index (χ0n) is 15.0. The van der Waals surface area contributed by atoms with Crippen LogP contribution in [0.5, 0.6) is 0 Å². The summed E-state index contributed by atoms with van der Waals surface area (Å²) in [4.78, 5) is 16.0. The Kier molecular flexibility index (Phi) is 11.3. The molecule has 0 aromatic heterocycles. The van der Waals surface area contributed by atoms with E-state index in [1.54, 1.807) is 7.05 Å². The molecule has 1 fully saturated rings. The summed E-state index contributed by atoms with van der Waals surface area (Å²) in [5, 5.41) is 6.86. The molecule has 1 aliphatic carbocycles. The fourth-order valence-corrected chi connectivity index (χ4v) is 2.71. The average Bonchev–Trinajstić information content (AvgIpc) is 2.52. The Bertz CT molecular complexity index is 384. The van der Waals surface area contributed by atoms with Gasteiger partial charge in [0.2, 0.25) is 0 Å². The van der Waals surface area contributed by atoms with Crippen LogP contribution in [-0.4, -0.2) is 49.2 Å². The summed E-state index contributed by atoms with van der Waals surface area (Å²) in [7, 11) is 1.80. The van der Waals surface area contributed by atoms with Crippen LogP contribution in [0.4, 0.5) is 0 Å². The second kappa shape index (κ2) is 11.4. The summed E-state index contributed by atoms with van der Waals surface area (Å²) >= 11 is 1.84. The van der Waals surface area contributed by atoms with Gasteiger partial charge in [0.05, 0.1) is 12.5 Å². The predicted molar refractivity (Wildman–Crippen MR) is 110 cm³/mol. The van der Waals surface area contributed by atoms with Crippen LogP contribution in [-0.2, 0) is 9.53 Å². The molecular formula is C16H32IN3O2S. The van der Waals surface area contributed by atoms with Crippen molar-refractivity contribution in [2.45, 2.75) is 57.2 Å². The molecule has 0 aromatic rings. The van der Waals surface area contributed by atoms with E-state index in [0.29, 0.717) is 12.6 Å². The SMILES string of the molecule is CCOC(=O)C1CCC(NC(=NC)NCC(C)(C)SC)CC1.I. The number of ether oxygens (including phenoxy) is 1. The van der Waals surface area contributed by atoms with Crippen molar-refractivity contribution in [3.05, 3.63) is 0 Å². The Morgan fingerprint density at radius 3 is 2.39 bits per heavy atom. The Morgan fingerprint density at radius 1 is 1.30 bits per heavy atom. The Balaban J connectivity index is 0.00000484. The zero-order chi connectivity index (χ0) is 16.6. The second-order valence-corrected chi connectivity index (χ2v) is 7.85. The summed E-state index contributed by atoms with van der Waals surface area (Å²) in [6.45, 7) is 7.62. The fraction of sp³-hybridized carbons (Fsp3) is 0.875. The maximum Gasteiger partial charge on any atom is 0.308 e. The standard InChI is InChI=1S/C16H31N3O2S.HI/c1-6-21-14(20)12-7-9-13(10-8-12)19-15(17-4)18-11-16(2,3)22-5;/h12-13H,6-11H2,1-5H3,(H2,17,18,19);1H. The van der Waals surface area contributed by atoms with Crippen LogP contribution in [0, 0.1) is 5.92 Å². The molecule has 0 aromatic carbocycles. The molecule has 7 heteroatoms. The molecule has 0 aliphatic heterocycles. The monoisotopic (exact) mass is 457 g/mol. The van der Waals surface area contributed by atoms with Crippen molar-refractivity contribution >= 4 is 47.7 Å². The first-order chi connectivity index (χ1) is 10.4. The van der Waals surface area contributed by atoms with E-state index in [-0.39, 0.29) is 40.6 Å². The molecule has 1 rings (SSSR count). The van der Waals surface area contributed by atoms with Gasteiger partial charge in [-0.1, -0.05) is 0 Å². The maximum absolute atomic E-state index is 11.7. The van der Waals surface area contributed by atoms with Gasteiger partial charge in [0.15, 0.2) is 5.96 Å². The van der Waals surface area contributed by atoms with Crippen LogP contribution in [0.25, 0.3) is 0 Å². The van der Waals surface area contributed by atoms with Crippen molar-refractivity contribution in [1.82, 2.24) is 10.6 Å². The number of halogens is 1. The lowest BCUT2D eigenvalue weighted by atomic mass is 9.86. The number of hydrogen-bond acceptors (Lipinski definition) is 4. The number of thioether (sulfide) groups is 1. The summed E-state index contributed by atoms with van der Waals surface area (Å²) in [5.41, 5.74) is 0. The van der Waals surface area contributed by atoms with Gasteiger partial charge in [-0.15, -0.1) is 24.0 Å². The van der Waals surface area contributed by atoms with Gasteiger partial charge in [0.1, 0.15) is 0 Å². The van der Waals surface area contributed by atoms with E-state index >= 15 is 0 Å². The molecule has 0 atom stereocenters. The molecule has 1 aliphatic rings. The van der Waals surface area contributed by atoms with Crippen molar-refractivity contribution in [2.24, 2.45) is 10.9 Å². The summed E-state index contributed by atoms with van der Waals surface area (Å²) < 4.78 is 5.29. The lowest BCUT2D eigenvalue weighted by molar-refractivity contribution is -0.149. The number of carbonyl (C=O) groups is 1. The van der Waals surface area contributed by atoms with Crippen LogP contribution < -0.4 is 10.6 Å². The first-order valence-corrected chi connectivity index (χ1v) is 9.33. The molecule has 0 spiro atoms. The molecule has 0 amide bonds. The lowest BCUT2D eigenvalue weighted by Gasteiger charge is -2.30. The third-order valence-electron chi connectivity index (χ3n) is 4.15. The van der Waals surface area contributed by atoms with Crippen LogP contribution in [0.2, 0.25) is 0 Å². The van der Waals surface area contributed by atoms with Crippen molar-refractivity contribution in [3.63, 3.8) is 0 Å². The quantitative estimate of drug-likeness (QED) is 0.278. The first-order valence-electron chi connectivity index (χ1n) is 8.10. The zero-order valence-corrected chi connectivity index (χ0v) is 18.1. The number of guanidine groups is 1. The highest BCUT2D eigenvalue weighted by Gasteiger charge is 2.27. The van der Waals surface area contributed by atoms with Gasteiger partial charge in [-0.3, -0.25) is 9.79 Å². The van der Waals surface area contributed by atoms with Gasteiger partial charge in [0, 0.05) is 24.4 Å². The van der Waals surface area contributed by atoms with Crippen molar-refractivity contribution in [2.75, 3.05) is 26.5 Å². The number of carbonyl (C=O) groups excluding carboxylic acids is 1. The number of rotatable bonds is 6. The molecule has 0 heterocycles. The minimum atomic E-state index is -0.0369.